The van der Waals surface area contributed by atoms with Crippen molar-refractivity contribution in [3.05, 3.63) is 42.0 Å². The molecule has 38 heavy (non-hydrogen) atoms. The fourth-order valence-electron chi connectivity index (χ4n) is 3.09. The van der Waals surface area contributed by atoms with Crippen LogP contribution in [0.15, 0.2) is 51.1 Å². The maximum Gasteiger partial charge on any atom is 0.294 e. The van der Waals surface area contributed by atoms with Gasteiger partial charge in [0.25, 0.3) is 10.1 Å². The zero-order chi connectivity index (χ0) is 27.7. The van der Waals surface area contributed by atoms with Crippen LogP contribution in [-0.4, -0.2) is 51.5 Å². The Balaban J connectivity index is 2.03. The topological polar surface area (TPSA) is 198 Å². The molecule has 0 radical (unpaired) electrons. The molecule has 0 aliphatic carbocycles. The third-order valence-corrected chi connectivity index (χ3v) is 7.18. The number of aromatic nitrogens is 3. The Hall–Kier alpha value is -2.78. The molecule has 1 aromatic heterocycles. The summed E-state index contributed by atoms with van der Waals surface area (Å²) in [7, 11) is -4.53. The first-order chi connectivity index (χ1) is 18.2. The molecule has 0 saturated carbocycles. The monoisotopic (exact) mass is 588 g/mol. The van der Waals surface area contributed by atoms with Gasteiger partial charge >= 0.3 is 0 Å². The average molecular weight is 589 g/mol. The van der Waals surface area contributed by atoms with Crippen molar-refractivity contribution < 1.29 is 42.2 Å². The van der Waals surface area contributed by atoms with Gasteiger partial charge in [0, 0.05) is 23.7 Å². The van der Waals surface area contributed by atoms with Crippen LogP contribution in [0.1, 0.15) is 19.4 Å². The van der Waals surface area contributed by atoms with Crippen molar-refractivity contribution >= 4 is 63.4 Å². The Labute approximate surface area is 226 Å². The number of anilines is 5. The third kappa shape index (κ3) is 8.11. The molecular weight excluding hydrogens is 564 g/mol. The van der Waals surface area contributed by atoms with E-state index in [0.29, 0.717) is 41.7 Å². The lowest BCUT2D eigenvalue weighted by Gasteiger charge is -2.20. The first kappa shape index (κ1) is 29.8. The van der Waals surface area contributed by atoms with Crippen molar-refractivity contribution in [2.45, 2.75) is 35.5 Å². The Bertz CT molecular complexity index is 1350. The average Bonchev–Trinajstić information content (AvgIpc) is 2.88. The number of nitrogens with zero attached hydrogens (tertiary/aromatic N) is 4. The van der Waals surface area contributed by atoms with Gasteiger partial charge in [-0.3, -0.25) is 4.55 Å². The molecule has 1 heterocycles. The van der Waals surface area contributed by atoms with E-state index in [1.807, 2.05) is 31.7 Å². The Kier molecular flexibility index (Phi) is 10.8. The van der Waals surface area contributed by atoms with Crippen LogP contribution in [0.4, 0.5) is 29.2 Å². The summed E-state index contributed by atoms with van der Waals surface area (Å²) < 4.78 is 41.9. The molecule has 0 spiro atoms. The van der Waals surface area contributed by atoms with Crippen LogP contribution >= 0.6 is 24.1 Å². The molecule has 0 bridgehead atoms. The second kappa shape index (κ2) is 13.8. The van der Waals surface area contributed by atoms with Crippen LogP contribution in [0.2, 0.25) is 0 Å². The Morgan fingerprint density at radius 3 is 2.13 bits per heavy atom. The van der Waals surface area contributed by atoms with Gasteiger partial charge in [0.05, 0.1) is 39.6 Å². The van der Waals surface area contributed by atoms with Crippen LogP contribution in [0.25, 0.3) is 0 Å². The summed E-state index contributed by atoms with van der Waals surface area (Å²) in [5.41, 5.74) is 1.57. The molecule has 3 rings (SSSR count). The zero-order valence-electron chi connectivity index (χ0n) is 20.2. The van der Waals surface area contributed by atoms with Crippen molar-refractivity contribution in [2.24, 2.45) is 0 Å². The molecule has 0 aliphatic rings. The number of rotatable bonds is 14. The van der Waals surface area contributed by atoms with Gasteiger partial charge < -0.3 is 15.5 Å². The van der Waals surface area contributed by atoms with Gasteiger partial charge in [-0.15, -0.1) is 8.67 Å². The van der Waals surface area contributed by atoms with Crippen molar-refractivity contribution in [1.29, 1.82) is 0 Å². The molecular formula is C20H24N6O9S3. The molecule has 2 aromatic carbocycles. The quantitative estimate of drug-likeness (QED) is 0.0755. The van der Waals surface area contributed by atoms with E-state index in [1.54, 1.807) is 12.1 Å². The lowest BCUT2D eigenvalue weighted by Crippen LogP contribution is -2.25. The molecule has 0 atom stereocenters. The van der Waals surface area contributed by atoms with E-state index in [0.717, 1.165) is 29.7 Å². The number of hydrogen-bond donors (Lipinski definition) is 5. The normalized spacial score (nSPS) is 11.4. The summed E-state index contributed by atoms with van der Waals surface area (Å²) in [4.78, 5) is 15.7. The number of hydrogen-bond acceptors (Lipinski definition) is 16. The summed E-state index contributed by atoms with van der Waals surface area (Å²) in [6.07, 6.45) is 0. The van der Waals surface area contributed by atoms with Gasteiger partial charge in [0.2, 0.25) is 17.8 Å². The standard InChI is InChI=1S/C20H24N6O9S3/c1-4-26(5-2)20-24-18(21-13-7-6-12(3)17(10-13)37-35-33-28)23-19(25-20)22-15-11-14(38(29,30)31)8-9-16(15)36-34-32-27/h6-11,27-28H,4-5H2,1-3H3,(H,29,30,31)(H2,21,22,23,24,25). The fourth-order valence-corrected chi connectivity index (χ4v) is 4.50. The SMILES string of the molecule is CCN(CC)c1nc(Nc2ccc(C)c(SOOO)c2)nc(Nc2cc(S(=O)(=O)O)ccc2SOOO)n1. The molecule has 0 fully saturated rings. The maximum atomic E-state index is 11.7. The fraction of sp³-hybridized carbons (Fsp3) is 0.250. The second-order valence-electron chi connectivity index (χ2n) is 7.27. The number of aryl methyl sites for hydroxylation is 1. The number of benzene rings is 2. The molecule has 3 aromatic rings. The van der Waals surface area contributed by atoms with Gasteiger partial charge in [-0.1, -0.05) is 16.1 Å². The summed E-state index contributed by atoms with van der Waals surface area (Å²) in [5.74, 6) is 0.504. The molecule has 206 valence electrons. The van der Waals surface area contributed by atoms with Crippen LogP contribution in [-0.2, 0) is 28.9 Å². The second-order valence-corrected chi connectivity index (χ2v) is 10.2. The van der Waals surface area contributed by atoms with Crippen molar-refractivity contribution in [2.75, 3.05) is 28.6 Å². The highest BCUT2D eigenvalue weighted by Gasteiger charge is 2.17. The largest absolute Gasteiger partial charge is 0.341 e. The summed E-state index contributed by atoms with van der Waals surface area (Å²) in [6, 6.07) is 8.92. The Morgan fingerprint density at radius 2 is 1.53 bits per heavy atom. The molecule has 18 heteroatoms. The van der Waals surface area contributed by atoms with Gasteiger partial charge in [-0.05, 0) is 56.7 Å². The van der Waals surface area contributed by atoms with Crippen LogP contribution < -0.4 is 15.5 Å². The smallest absolute Gasteiger partial charge is 0.294 e. The van der Waals surface area contributed by atoms with Crippen LogP contribution in [0.5, 0.6) is 0 Å². The highest BCUT2D eigenvalue weighted by Crippen LogP contribution is 2.33. The van der Waals surface area contributed by atoms with E-state index < -0.39 is 15.0 Å². The first-order valence-corrected chi connectivity index (χ1v) is 13.7. The van der Waals surface area contributed by atoms with Crippen molar-refractivity contribution in [1.82, 2.24) is 15.0 Å². The van der Waals surface area contributed by atoms with E-state index in [4.69, 9.17) is 10.5 Å². The van der Waals surface area contributed by atoms with Crippen LogP contribution in [0, 0.1) is 6.92 Å². The van der Waals surface area contributed by atoms with E-state index in [-0.39, 0.29) is 22.5 Å². The maximum absolute atomic E-state index is 11.7. The summed E-state index contributed by atoms with van der Waals surface area (Å²) in [6.45, 7) is 6.88. The minimum atomic E-state index is -4.53. The first-order valence-electron chi connectivity index (χ1n) is 10.7. The molecule has 0 aliphatic heterocycles. The predicted octanol–water partition coefficient (Wildman–Crippen LogP) is 4.62. The Morgan fingerprint density at radius 1 is 0.895 bits per heavy atom. The van der Waals surface area contributed by atoms with Gasteiger partial charge in [-0.2, -0.15) is 23.4 Å². The summed E-state index contributed by atoms with van der Waals surface area (Å²) in [5, 5.41) is 30.3. The van der Waals surface area contributed by atoms with E-state index >= 15 is 0 Å². The van der Waals surface area contributed by atoms with Gasteiger partial charge in [-0.25, -0.2) is 10.5 Å². The van der Waals surface area contributed by atoms with E-state index in [2.05, 4.69) is 44.3 Å². The van der Waals surface area contributed by atoms with Crippen molar-refractivity contribution in [3.63, 3.8) is 0 Å². The van der Waals surface area contributed by atoms with E-state index in [9.17, 15) is 13.0 Å². The van der Waals surface area contributed by atoms with Crippen LogP contribution in [0.3, 0.4) is 0 Å². The molecule has 5 N–H and O–H groups in total. The minimum absolute atomic E-state index is 0.0300. The molecule has 0 unspecified atom stereocenters. The lowest BCUT2D eigenvalue weighted by atomic mass is 10.2. The molecule has 0 saturated heterocycles. The molecule has 15 nitrogen and oxygen atoms in total. The van der Waals surface area contributed by atoms with Gasteiger partial charge in [0.15, 0.2) is 0 Å². The van der Waals surface area contributed by atoms with E-state index in [1.165, 1.54) is 6.07 Å². The minimum Gasteiger partial charge on any atom is -0.341 e. The third-order valence-electron chi connectivity index (χ3n) is 4.92. The lowest BCUT2D eigenvalue weighted by molar-refractivity contribution is -0.432. The molecule has 0 amide bonds. The highest BCUT2D eigenvalue weighted by atomic mass is 32.2. The van der Waals surface area contributed by atoms with Crippen molar-refractivity contribution in [3.8, 4) is 0 Å². The number of nitrogens with one attached hydrogen (secondary N) is 2. The predicted molar refractivity (Wildman–Crippen MR) is 139 cm³/mol. The highest BCUT2D eigenvalue weighted by molar-refractivity contribution is 7.95. The summed E-state index contributed by atoms with van der Waals surface area (Å²) >= 11 is 1.38. The van der Waals surface area contributed by atoms with Gasteiger partial charge in [0.1, 0.15) is 0 Å². The zero-order valence-corrected chi connectivity index (χ0v) is 22.6.